The molecule has 6 heteroatoms. The predicted octanol–water partition coefficient (Wildman–Crippen LogP) is 1.69. The molecule has 5 nitrogen and oxygen atoms in total. The van der Waals surface area contributed by atoms with Crippen molar-refractivity contribution in [3.8, 4) is 0 Å². The molecule has 17 heavy (non-hydrogen) atoms. The molecule has 0 radical (unpaired) electrons. The SMILES string of the molecule is CN(C(=O)CSc1ccc(C(=O)O)o1)C1CC1. The molecule has 0 aromatic carbocycles. The Kier molecular flexibility index (Phi) is 3.42. The number of carbonyl (C=O) groups excluding carboxylic acids is 1. The van der Waals surface area contributed by atoms with Crippen LogP contribution in [0.2, 0.25) is 0 Å². The van der Waals surface area contributed by atoms with E-state index in [1.807, 2.05) is 0 Å². The van der Waals surface area contributed by atoms with Crippen LogP contribution in [0, 0.1) is 0 Å². The van der Waals surface area contributed by atoms with E-state index in [1.54, 1.807) is 18.0 Å². The number of thioether (sulfide) groups is 1. The van der Waals surface area contributed by atoms with E-state index in [9.17, 15) is 9.59 Å². The number of hydrogen-bond acceptors (Lipinski definition) is 4. The molecule has 2 rings (SSSR count). The Labute approximate surface area is 103 Å². The molecule has 1 aliphatic carbocycles. The van der Waals surface area contributed by atoms with Gasteiger partial charge in [0.1, 0.15) is 0 Å². The van der Waals surface area contributed by atoms with Crippen LogP contribution in [-0.4, -0.2) is 40.7 Å². The van der Waals surface area contributed by atoms with Crippen LogP contribution in [0.3, 0.4) is 0 Å². The summed E-state index contributed by atoms with van der Waals surface area (Å²) in [4.78, 5) is 24.0. The van der Waals surface area contributed by atoms with Crippen molar-refractivity contribution in [1.29, 1.82) is 0 Å². The molecule has 0 saturated heterocycles. The first-order valence-corrected chi connectivity index (χ1v) is 6.28. The third kappa shape index (κ3) is 3.03. The molecule has 0 aliphatic heterocycles. The zero-order valence-electron chi connectivity index (χ0n) is 9.38. The average Bonchev–Trinajstić information content (AvgIpc) is 3.03. The van der Waals surface area contributed by atoms with Crippen molar-refractivity contribution in [2.45, 2.75) is 24.0 Å². The fraction of sp³-hybridized carbons (Fsp3) is 0.455. The molecule has 1 aromatic rings. The molecule has 92 valence electrons. The molecule has 0 bridgehead atoms. The predicted molar refractivity (Wildman–Crippen MR) is 62.2 cm³/mol. The third-order valence-corrected chi connectivity index (χ3v) is 3.51. The van der Waals surface area contributed by atoms with E-state index in [2.05, 4.69) is 0 Å². The van der Waals surface area contributed by atoms with Crippen molar-refractivity contribution in [3.63, 3.8) is 0 Å². The summed E-state index contributed by atoms with van der Waals surface area (Å²) in [6, 6.07) is 3.35. The zero-order valence-corrected chi connectivity index (χ0v) is 10.2. The minimum Gasteiger partial charge on any atom is -0.475 e. The Bertz CT molecular complexity index is 438. The van der Waals surface area contributed by atoms with E-state index >= 15 is 0 Å². The molecule has 1 fully saturated rings. The van der Waals surface area contributed by atoms with Crippen LogP contribution in [0.5, 0.6) is 0 Å². The first-order valence-electron chi connectivity index (χ1n) is 5.29. The van der Waals surface area contributed by atoms with Gasteiger partial charge in [-0.05, 0) is 25.0 Å². The molecule has 0 spiro atoms. The highest BCUT2D eigenvalue weighted by molar-refractivity contribution is 7.99. The third-order valence-electron chi connectivity index (χ3n) is 2.62. The van der Waals surface area contributed by atoms with E-state index in [0.29, 0.717) is 11.1 Å². The summed E-state index contributed by atoms with van der Waals surface area (Å²) in [5, 5.41) is 9.12. The van der Waals surface area contributed by atoms with Gasteiger partial charge in [-0.15, -0.1) is 0 Å². The summed E-state index contributed by atoms with van der Waals surface area (Å²) in [6.45, 7) is 0. The Morgan fingerprint density at radius 3 is 2.76 bits per heavy atom. The second kappa shape index (κ2) is 4.83. The highest BCUT2D eigenvalue weighted by Gasteiger charge is 2.29. The number of carbonyl (C=O) groups is 2. The maximum absolute atomic E-state index is 11.7. The number of hydrogen-bond donors (Lipinski definition) is 1. The maximum Gasteiger partial charge on any atom is 0.371 e. The Morgan fingerprint density at radius 1 is 1.53 bits per heavy atom. The van der Waals surface area contributed by atoms with Crippen molar-refractivity contribution >= 4 is 23.6 Å². The van der Waals surface area contributed by atoms with E-state index in [0.717, 1.165) is 12.8 Å². The number of furan rings is 1. The molecule has 0 unspecified atom stereocenters. The van der Waals surface area contributed by atoms with Crippen molar-refractivity contribution < 1.29 is 19.1 Å². The van der Waals surface area contributed by atoms with Gasteiger partial charge in [-0.1, -0.05) is 11.8 Å². The van der Waals surface area contributed by atoms with Gasteiger partial charge in [0.05, 0.1) is 5.75 Å². The summed E-state index contributed by atoms with van der Waals surface area (Å²) in [5.41, 5.74) is 0. The Hall–Kier alpha value is -1.43. The number of rotatable bonds is 5. The lowest BCUT2D eigenvalue weighted by molar-refractivity contribution is -0.127. The Morgan fingerprint density at radius 2 is 2.24 bits per heavy atom. The Balaban J connectivity index is 1.84. The molecule has 1 amide bonds. The van der Waals surface area contributed by atoms with Crippen LogP contribution in [0.1, 0.15) is 23.4 Å². The van der Waals surface area contributed by atoms with Crippen LogP contribution in [-0.2, 0) is 4.79 Å². The maximum atomic E-state index is 11.7. The number of aromatic carboxylic acids is 1. The van der Waals surface area contributed by atoms with Gasteiger partial charge in [0, 0.05) is 13.1 Å². The molecule has 0 atom stereocenters. The van der Waals surface area contributed by atoms with Crippen molar-refractivity contribution in [2.75, 3.05) is 12.8 Å². The van der Waals surface area contributed by atoms with Crippen molar-refractivity contribution in [2.24, 2.45) is 0 Å². The van der Waals surface area contributed by atoms with Crippen LogP contribution in [0.15, 0.2) is 21.6 Å². The highest BCUT2D eigenvalue weighted by atomic mass is 32.2. The molecule has 1 heterocycles. The van der Waals surface area contributed by atoms with Crippen LogP contribution >= 0.6 is 11.8 Å². The molecular formula is C11H13NO4S. The lowest BCUT2D eigenvalue weighted by atomic mass is 10.5. The number of carboxylic acid groups (broad SMARTS) is 1. The molecule has 1 aliphatic rings. The van der Waals surface area contributed by atoms with Crippen LogP contribution in [0.4, 0.5) is 0 Å². The monoisotopic (exact) mass is 255 g/mol. The van der Waals surface area contributed by atoms with Gasteiger partial charge in [0.2, 0.25) is 11.7 Å². The summed E-state index contributed by atoms with van der Waals surface area (Å²) in [5.74, 6) is -0.876. The second-order valence-electron chi connectivity index (χ2n) is 3.95. The normalized spacial score (nSPS) is 14.6. The second-order valence-corrected chi connectivity index (χ2v) is 4.93. The van der Waals surface area contributed by atoms with E-state index < -0.39 is 5.97 Å². The van der Waals surface area contributed by atoms with Gasteiger partial charge in [-0.2, -0.15) is 0 Å². The highest BCUT2D eigenvalue weighted by Crippen LogP contribution is 2.27. The largest absolute Gasteiger partial charge is 0.475 e. The number of amides is 1. The van der Waals surface area contributed by atoms with Gasteiger partial charge >= 0.3 is 5.97 Å². The van der Waals surface area contributed by atoms with E-state index in [1.165, 1.54) is 17.8 Å². The summed E-state index contributed by atoms with van der Waals surface area (Å²) in [7, 11) is 1.80. The average molecular weight is 255 g/mol. The van der Waals surface area contributed by atoms with E-state index in [4.69, 9.17) is 9.52 Å². The lowest BCUT2D eigenvalue weighted by Crippen LogP contribution is -2.30. The quantitative estimate of drug-likeness (QED) is 0.811. The standard InChI is InChI=1S/C11H13NO4S/c1-12(7-2-3-7)9(13)6-17-10-5-4-8(16-10)11(14)15/h4-5,7H,2-3,6H2,1H3,(H,14,15). The summed E-state index contributed by atoms with van der Waals surface area (Å²) in [6.07, 6.45) is 2.16. The summed E-state index contributed by atoms with van der Waals surface area (Å²) < 4.78 is 5.04. The fourth-order valence-corrected chi connectivity index (χ4v) is 2.20. The fourth-order valence-electron chi connectivity index (χ4n) is 1.41. The van der Waals surface area contributed by atoms with Gasteiger partial charge in [-0.25, -0.2) is 4.79 Å². The topological polar surface area (TPSA) is 70.8 Å². The van der Waals surface area contributed by atoms with Gasteiger partial charge < -0.3 is 14.4 Å². The minimum absolute atomic E-state index is 0.0470. The lowest BCUT2D eigenvalue weighted by Gasteiger charge is -2.15. The zero-order chi connectivity index (χ0) is 12.4. The number of nitrogens with zero attached hydrogens (tertiary/aromatic N) is 1. The first kappa shape index (κ1) is 12.0. The van der Waals surface area contributed by atoms with E-state index in [-0.39, 0.29) is 17.4 Å². The summed E-state index contributed by atoms with van der Waals surface area (Å²) >= 11 is 1.22. The minimum atomic E-state index is -1.10. The van der Waals surface area contributed by atoms with Crippen LogP contribution in [0.25, 0.3) is 0 Å². The first-order chi connectivity index (χ1) is 8.08. The molecule has 1 aromatic heterocycles. The van der Waals surface area contributed by atoms with Crippen molar-refractivity contribution in [3.05, 3.63) is 17.9 Å². The molecule has 1 saturated carbocycles. The van der Waals surface area contributed by atoms with Gasteiger partial charge in [0.15, 0.2) is 5.09 Å². The molecular weight excluding hydrogens is 242 g/mol. The van der Waals surface area contributed by atoms with Crippen LogP contribution < -0.4 is 0 Å². The van der Waals surface area contributed by atoms with Gasteiger partial charge in [0.25, 0.3) is 0 Å². The number of carboxylic acids is 1. The smallest absolute Gasteiger partial charge is 0.371 e. The van der Waals surface area contributed by atoms with Crippen molar-refractivity contribution in [1.82, 2.24) is 4.90 Å². The molecule has 1 N–H and O–H groups in total. The van der Waals surface area contributed by atoms with Gasteiger partial charge in [-0.3, -0.25) is 4.79 Å².